The molecule has 2 N–H and O–H groups in total. The number of aliphatic carboxylic acids is 2. The zero-order chi connectivity index (χ0) is 21.5. The monoisotopic (exact) mass is 398 g/mol. The molecule has 150 valence electrons. The van der Waals surface area contributed by atoms with Gasteiger partial charge < -0.3 is 10.2 Å². The van der Waals surface area contributed by atoms with Gasteiger partial charge in [0.1, 0.15) is 0 Å². The summed E-state index contributed by atoms with van der Waals surface area (Å²) in [6.45, 7) is 4.10. The Morgan fingerprint density at radius 2 is 1.30 bits per heavy atom. The third-order valence-electron chi connectivity index (χ3n) is 5.71. The largest absolute Gasteiger partial charge is 0.480 e. The molecule has 4 heteroatoms. The Kier molecular flexibility index (Phi) is 4.78. The van der Waals surface area contributed by atoms with Gasteiger partial charge in [-0.2, -0.15) is 0 Å². The molecule has 0 aromatic heterocycles. The maximum Gasteiger partial charge on any atom is 0.329 e. The average Bonchev–Trinajstić information content (AvgIpc) is 3.10. The SMILES string of the molecule is CC(C)C1=C(c2ccccc2)C(c2ccccc2)=C2C1=CC=CC2(C(=O)O)C(=O)O. The minimum atomic E-state index is -2.15. The summed E-state index contributed by atoms with van der Waals surface area (Å²) in [4.78, 5) is 24.9. The van der Waals surface area contributed by atoms with Crippen LogP contribution in [0.3, 0.4) is 0 Å². The van der Waals surface area contributed by atoms with Gasteiger partial charge in [0.15, 0.2) is 0 Å². The molecule has 0 heterocycles. The fraction of sp³-hybridized carbons (Fsp3) is 0.154. The van der Waals surface area contributed by atoms with Crippen molar-refractivity contribution in [3.8, 4) is 0 Å². The second-order valence-electron chi connectivity index (χ2n) is 7.78. The quantitative estimate of drug-likeness (QED) is 0.678. The zero-order valence-corrected chi connectivity index (χ0v) is 16.8. The number of hydrogen-bond donors (Lipinski definition) is 2. The van der Waals surface area contributed by atoms with Gasteiger partial charge >= 0.3 is 11.9 Å². The van der Waals surface area contributed by atoms with Crippen LogP contribution < -0.4 is 0 Å². The maximum absolute atomic E-state index is 12.4. The van der Waals surface area contributed by atoms with Crippen LogP contribution in [0.5, 0.6) is 0 Å². The van der Waals surface area contributed by atoms with Crippen molar-refractivity contribution >= 4 is 23.1 Å². The number of carboxylic acids is 2. The Morgan fingerprint density at radius 1 is 0.800 bits per heavy atom. The first kappa shape index (κ1) is 19.6. The van der Waals surface area contributed by atoms with Crippen LogP contribution in [0, 0.1) is 11.3 Å². The number of benzene rings is 2. The van der Waals surface area contributed by atoms with E-state index < -0.39 is 17.4 Å². The van der Waals surface area contributed by atoms with E-state index in [-0.39, 0.29) is 5.92 Å². The van der Waals surface area contributed by atoms with Crippen LogP contribution in [-0.4, -0.2) is 22.2 Å². The van der Waals surface area contributed by atoms with Crippen molar-refractivity contribution in [3.63, 3.8) is 0 Å². The standard InChI is InChI=1S/C26H22O4/c1-16(2)20-19-14-9-15-26(24(27)28,25(29)30)23(19)22(18-12-7-4-8-13-18)21(20)17-10-5-3-6-11-17/h3-16H,1-2H3,(H,27,28)(H,29,30). The maximum atomic E-state index is 12.4. The third kappa shape index (κ3) is 2.76. The molecule has 30 heavy (non-hydrogen) atoms. The zero-order valence-electron chi connectivity index (χ0n) is 16.8. The molecule has 0 saturated carbocycles. The van der Waals surface area contributed by atoms with E-state index >= 15 is 0 Å². The third-order valence-corrected chi connectivity index (χ3v) is 5.71. The number of carbonyl (C=O) groups is 2. The first-order chi connectivity index (χ1) is 14.4. The van der Waals surface area contributed by atoms with Gasteiger partial charge in [0, 0.05) is 5.57 Å². The highest BCUT2D eigenvalue weighted by molar-refractivity contribution is 6.20. The number of carboxylic acid groups (broad SMARTS) is 2. The highest BCUT2D eigenvalue weighted by atomic mass is 16.4. The molecule has 0 aliphatic heterocycles. The molecule has 2 aliphatic carbocycles. The van der Waals surface area contributed by atoms with Crippen LogP contribution in [0.1, 0.15) is 25.0 Å². The van der Waals surface area contributed by atoms with E-state index in [9.17, 15) is 19.8 Å². The number of allylic oxidation sites excluding steroid dienone is 6. The normalized spacial score (nSPS) is 17.2. The Morgan fingerprint density at radius 3 is 1.77 bits per heavy atom. The van der Waals surface area contributed by atoms with Gasteiger partial charge in [-0.1, -0.05) is 92.7 Å². The molecule has 0 unspecified atom stereocenters. The van der Waals surface area contributed by atoms with E-state index in [1.165, 1.54) is 6.08 Å². The molecule has 2 aromatic carbocycles. The van der Waals surface area contributed by atoms with Crippen molar-refractivity contribution in [2.45, 2.75) is 13.8 Å². The van der Waals surface area contributed by atoms with Gasteiger partial charge in [-0.25, -0.2) is 0 Å². The van der Waals surface area contributed by atoms with E-state index in [1.807, 2.05) is 80.6 Å². The summed E-state index contributed by atoms with van der Waals surface area (Å²) < 4.78 is 0. The van der Waals surface area contributed by atoms with Crippen LogP contribution in [0.15, 0.2) is 95.6 Å². The molecule has 0 radical (unpaired) electrons. The van der Waals surface area contributed by atoms with Gasteiger partial charge in [0.25, 0.3) is 0 Å². The van der Waals surface area contributed by atoms with Gasteiger partial charge in [-0.05, 0) is 39.3 Å². The molecule has 0 bridgehead atoms. The smallest absolute Gasteiger partial charge is 0.329 e. The summed E-state index contributed by atoms with van der Waals surface area (Å²) in [5, 5.41) is 20.3. The molecule has 4 nitrogen and oxygen atoms in total. The van der Waals surface area contributed by atoms with Crippen LogP contribution >= 0.6 is 0 Å². The summed E-state index contributed by atoms with van der Waals surface area (Å²) in [5.41, 5.74) is 3.15. The van der Waals surface area contributed by atoms with Crippen molar-refractivity contribution in [3.05, 3.63) is 107 Å². The van der Waals surface area contributed by atoms with Crippen LogP contribution in [0.4, 0.5) is 0 Å². The van der Waals surface area contributed by atoms with Crippen molar-refractivity contribution < 1.29 is 19.8 Å². The lowest BCUT2D eigenvalue weighted by molar-refractivity contribution is -0.157. The average molecular weight is 398 g/mol. The van der Waals surface area contributed by atoms with E-state index in [1.54, 1.807) is 6.08 Å². The van der Waals surface area contributed by atoms with E-state index in [0.29, 0.717) is 16.7 Å². The van der Waals surface area contributed by atoms with E-state index in [0.717, 1.165) is 22.3 Å². The minimum Gasteiger partial charge on any atom is -0.480 e. The van der Waals surface area contributed by atoms with Gasteiger partial charge in [-0.3, -0.25) is 9.59 Å². The van der Waals surface area contributed by atoms with Gasteiger partial charge in [-0.15, -0.1) is 0 Å². The van der Waals surface area contributed by atoms with Crippen molar-refractivity contribution in [1.82, 2.24) is 0 Å². The predicted molar refractivity (Wildman–Crippen MR) is 116 cm³/mol. The van der Waals surface area contributed by atoms with E-state index in [4.69, 9.17) is 0 Å². The van der Waals surface area contributed by atoms with Crippen LogP contribution in [-0.2, 0) is 9.59 Å². The van der Waals surface area contributed by atoms with Crippen molar-refractivity contribution in [2.75, 3.05) is 0 Å². The molecular formula is C26H22O4. The lowest BCUT2D eigenvalue weighted by Gasteiger charge is -2.29. The first-order valence-corrected chi connectivity index (χ1v) is 9.86. The fourth-order valence-corrected chi connectivity index (χ4v) is 4.46. The highest BCUT2D eigenvalue weighted by Crippen LogP contribution is 2.56. The molecule has 0 amide bonds. The molecule has 0 atom stereocenters. The molecule has 4 rings (SSSR count). The summed E-state index contributed by atoms with van der Waals surface area (Å²) in [5.74, 6) is -2.72. The number of hydrogen-bond acceptors (Lipinski definition) is 2. The molecular weight excluding hydrogens is 376 g/mol. The van der Waals surface area contributed by atoms with Crippen LogP contribution in [0.25, 0.3) is 11.1 Å². The van der Waals surface area contributed by atoms with Gasteiger partial charge in [0.2, 0.25) is 5.41 Å². The highest BCUT2D eigenvalue weighted by Gasteiger charge is 2.54. The Balaban J connectivity index is 2.18. The second kappa shape index (κ2) is 7.30. The minimum absolute atomic E-state index is 0.0643. The van der Waals surface area contributed by atoms with E-state index in [2.05, 4.69) is 0 Å². The number of fused-ring (bicyclic) bond motifs is 1. The molecule has 0 fully saturated rings. The Hall–Kier alpha value is -3.66. The summed E-state index contributed by atoms with van der Waals surface area (Å²) in [6.07, 6.45) is 4.68. The topological polar surface area (TPSA) is 74.6 Å². The fourth-order valence-electron chi connectivity index (χ4n) is 4.46. The van der Waals surface area contributed by atoms with Gasteiger partial charge in [0.05, 0.1) is 0 Å². The molecule has 0 saturated heterocycles. The molecule has 2 aromatic rings. The lowest BCUT2D eigenvalue weighted by atomic mass is 9.71. The molecule has 2 aliphatic rings. The van der Waals surface area contributed by atoms with Crippen LogP contribution in [0.2, 0.25) is 0 Å². The summed E-state index contributed by atoms with van der Waals surface area (Å²) in [6, 6.07) is 19.2. The van der Waals surface area contributed by atoms with Crippen molar-refractivity contribution in [1.29, 1.82) is 0 Å². The summed E-state index contributed by atoms with van der Waals surface area (Å²) in [7, 11) is 0. The Labute approximate surface area is 175 Å². The second-order valence-corrected chi connectivity index (χ2v) is 7.78. The first-order valence-electron chi connectivity index (χ1n) is 9.86. The lowest BCUT2D eigenvalue weighted by Crippen LogP contribution is -2.41. The van der Waals surface area contributed by atoms with Crippen molar-refractivity contribution in [2.24, 2.45) is 11.3 Å². The number of rotatable bonds is 5. The summed E-state index contributed by atoms with van der Waals surface area (Å²) >= 11 is 0. The Bertz CT molecular complexity index is 1130. The predicted octanol–water partition coefficient (Wildman–Crippen LogP) is 5.22. The molecule has 0 spiro atoms.